The lowest BCUT2D eigenvalue weighted by atomic mass is 10.3. The Morgan fingerprint density at radius 2 is 1.53 bits per heavy atom. The molecule has 0 aliphatic heterocycles. The van der Waals surface area contributed by atoms with Gasteiger partial charge in [0.1, 0.15) is 0 Å². The first-order valence-electron chi connectivity index (χ1n) is 5.12. The third kappa shape index (κ3) is 4.01. The number of nitrogens with two attached hydrogens (primary N) is 2. The second kappa shape index (κ2) is 5.27. The topological polar surface area (TPSA) is 137 Å². The maximum atomic E-state index is 11.9. The molecule has 0 radical (unpaired) electrons. The van der Waals surface area contributed by atoms with Crippen LogP contribution in [0.1, 0.15) is 0 Å². The van der Waals surface area contributed by atoms with Crippen molar-refractivity contribution in [2.45, 2.75) is 15.8 Å². The molecule has 1 rings (SSSR count). The van der Waals surface area contributed by atoms with Gasteiger partial charge in [-0.2, -0.15) is 0 Å². The number of amides is 1. The first kappa shape index (κ1) is 15.6. The molecule has 1 aromatic rings. The molecule has 0 saturated carbocycles. The highest BCUT2D eigenvalue weighted by atomic mass is 32.2. The average molecular weight is 306 g/mol. The summed E-state index contributed by atoms with van der Waals surface area (Å²) in [5, 5.41) is 0. The third-order valence-corrected chi connectivity index (χ3v) is 5.29. The van der Waals surface area contributed by atoms with Crippen molar-refractivity contribution in [3.63, 3.8) is 0 Å². The molecule has 0 spiro atoms. The summed E-state index contributed by atoms with van der Waals surface area (Å²) in [6.07, 6.45) is 1.01. The van der Waals surface area contributed by atoms with Crippen LogP contribution in [0.25, 0.3) is 0 Å². The molecule has 19 heavy (non-hydrogen) atoms. The van der Waals surface area contributed by atoms with E-state index in [0.717, 1.165) is 18.4 Å². The van der Waals surface area contributed by atoms with E-state index in [0.29, 0.717) is 0 Å². The van der Waals surface area contributed by atoms with Crippen molar-refractivity contribution in [2.75, 3.05) is 12.0 Å². The van der Waals surface area contributed by atoms with E-state index < -0.39 is 37.4 Å². The van der Waals surface area contributed by atoms with Crippen LogP contribution in [0.2, 0.25) is 0 Å². The number of hydrogen-bond acceptors (Lipinski definition) is 6. The average Bonchev–Trinajstić information content (AvgIpc) is 2.27. The van der Waals surface area contributed by atoms with Crippen molar-refractivity contribution in [2.24, 2.45) is 11.5 Å². The Morgan fingerprint density at radius 3 is 1.89 bits per heavy atom. The van der Waals surface area contributed by atoms with Gasteiger partial charge in [-0.05, 0) is 24.3 Å². The standard InChI is InChI=1S/C10H14N2O5S2/c1-18(14,15)7-2-4-8(5-3-7)19(16,17)6-9(11)10(12)13/h2-5,9H,6,11H2,1H3,(H2,12,13). The van der Waals surface area contributed by atoms with E-state index >= 15 is 0 Å². The molecule has 1 aromatic carbocycles. The molecule has 0 aromatic heterocycles. The molecule has 1 amide bonds. The Hall–Kier alpha value is -1.45. The summed E-state index contributed by atoms with van der Waals surface area (Å²) in [6, 6.07) is 3.36. The molecule has 0 aliphatic rings. The van der Waals surface area contributed by atoms with Crippen LogP contribution in [0.4, 0.5) is 0 Å². The Balaban J connectivity index is 3.07. The van der Waals surface area contributed by atoms with Gasteiger partial charge >= 0.3 is 0 Å². The van der Waals surface area contributed by atoms with Gasteiger partial charge in [-0.25, -0.2) is 16.8 Å². The fraction of sp³-hybridized carbons (Fsp3) is 0.300. The molecule has 0 fully saturated rings. The molecular formula is C10H14N2O5S2. The molecule has 0 saturated heterocycles. The molecule has 1 unspecified atom stereocenters. The summed E-state index contributed by atoms with van der Waals surface area (Å²) in [5.74, 6) is -1.54. The molecule has 9 heteroatoms. The maximum absolute atomic E-state index is 11.9. The maximum Gasteiger partial charge on any atom is 0.235 e. The van der Waals surface area contributed by atoms with Gasteiger partial charge in [0.25, 0.3) is 0 Å². The van der Waals surface area contributed by atoms with Gasteiger partial charge in [0, 0.05) is 6.26 Å². The second-order valence-electron chi connectivity index (χ2n) is 4.03. The minimum Gasteiger partial charge on any atom is -0.368 e. The smallest absolute Gasteiger partial charge is 0.235 e. The van der Waals surface area contributed by atoms with Crippen LogP contribution < -0.4 is 11.5 Å². The van der Waals surface area contributed by atoms with E-state index in [4.69, 9.17) is 11.5 Å². The molecule has 7 nitrogen and oxygen atoms in total. The van der Waals surface area contributed by atoms with Crippen molar-refractivity contribution >= 4 is 25.6 Å². The fourth-order valence-electron chi connectivity index (χ4n) is 1.31. The number of rotatable bonds is 5. The van der Waals surface area contributed by atoms with Crippen LogP contribution in [0.15, 0.2) is 34.1 Å². The lowest BCUT2D eigenvalue weighted by Crippen LogP contribution is -2.41. The van der Waals surface area contributed by atoms with Crippen LogP contribution in [-0.2, 0) is 24.5 Å². The van der Waals surface area contributed by atoms with Gasteiger partial charge in [0.15, 0.2) is 19.7 Å². The Morgan fingerprint density at radius 1 is 1.11 bits per heavy atom. The van der Waals surface area contributed by atoms with Gasteiger partial charge in [0.05, 0.1) is 21.6 Å². The van der Waals surface area contributed by atoms with E-state index in [2.05, 4.69) is 0 Å². The summed E-state index contributed by atoms with van der Waals surface area (Å²) < 4.78 is 46.2. The van der Waals surface area contributed by atoms with Gasteiger partial charge < -0.3 is 11.5 Å². The fourth-order valence-corrected chi connectivity index (χ4v) is 3.32. The normalized spacial score (nSPS) is 14.0. The van der Waals surface area contributed by atoms with Gasteiger partial charge in [-0.15, -0.1) is 0 Å². The third-order valence-electron chi connectivity index (χ3n) is 2.38. The van der Waals surface area contributed by atoms with Crippen LogP contribution in [-0.4, -0.2) is 40.8 Å². The summed E-state index contributed by atoms with van der Waals surface area (Å²) in [7, 11) is -7.18. The van der Waals surface area contributed by atoms with E-state index in [9.17, 15) is 21.6 Å². The zero-order valence-corrected chi connectivity index (χ0v) is 11.7. The lowest BCUT2D eigenvalue weighted by molar-refractivity contribution is -0.118. The number of benzene rings is 1. The van der Waals surface area contributed by atoms with Crippen LogP contribution in [0.3, 0.4) is 0 Å². The van der Waals surface area contributed by atoms with Crippen LogP contribution in [0.5, 0.6) is 0 Å². The van der Waals surface area contributed by atoms with Crippen LogP contribution in [0, 0.1) is 0 Å². The zero-order chi connectivity index (χ0) is 14.8. The number of sulfone groups is 2. The van der Waals surface area contributed by atoms with Crippen molar-refractivity contribution in [1.82, 2.24) is 0 Å². The summed E-state index contributed by atoms with van der Waals surface area (Å²) in [6.45, 7) is 0. The van der Waals surface area contributed by atoms with Crippen molar-refractivity contribution in [1.29, 1.82) is 0 Å². The summed E-state index contributed by atoms with van der Waals surface area (Å²) >= 11 is 0. The molecule has 106 valence electrons. The van der Waals surface area contributed by atoms with Gasteiger partial charge in [-0.3, -0.25) is 4.79 Å². The molecule has 0 heterocycles. The predicted octanol–water partition coefficient (Wildman–Crippen LogP) is -1.32. The van der Waals surface area contributed by atoms with Gasteiger partial charge in [-0.1, -0.05) is 0 Å². The van der Waals surface area contributed by atoms with E-state index in [-0.39, 0.29) is 9.79 Å². The number of primary amides is 1. The number of carbonyl (C=O) groups excluding carboxylic acids is 1. The molecular weight excluding hydrogens is 292 g/mol. The highest BCUT2D eigenvalue weighted by Crippen LogP contribution is 2.16. The summed E-state index contributed by atoms with van der Waals surface area (Å²) in [5.41, 5.74) is 10.2. The Bertz CT molecular complexity index is 677. The Kier molecular flexibility index (Phi) is 4.33. The SMILES string of the molecule is CS(=O)(=O)c1ccc(S(=O)(=O)CC(N)C(N)=O)cc1. The predicted molar refractivity (Wildman–Crippen MR) is 68.8 cm³/mol. The van der Waals surface area contributed by atoms with E-state index in [1.807, 2.05) is 0 Å². The first-order chi connectivity index (χ1) is 8.54. The Labute approximate surface area is 111 Å². The molecule has 4 N–H and O–H groups in total. The zero-order valence-electron chi connectivity index (χ0n) is 10.1. The molecule has 1 atom stereocenters. The molecule has 0 aliphatic carbocycles. The second-order valence-corrected chi connectivity index (χ2v) is 8.08. The largest absolute Gasteiger partial charge is 0.368 e. The lowest BCUT2D eigenvalue weighted by Gasteiger charge is -2.09. The van der Waals surface area contributed by atoms with Crippen molar-refractivity contribution in [3.8, 4) is 0 Å². The number of hydrogen-bond donors (Lipinski definition) is 2. The van der Waals surface area contributed by atoms with Gasteiger partial charge in [0.2, 0.25) is 5.91 Å². The highest BCUT2D eigenvalue weighted by molar-refractivity contribution is 7.91. The summed E-state index contributed by atoms with van der Waals surface area (Å²) in [4.78, 5) is 10.6. The number of carbonyl (C=O) groups is 1. The molecule has 0 bridgehead atoms. The van der Waals surface area contributed by atoms with Crippen LogP contribution >= 0.6 is 0 Å². The van der Waals surface area contributed by atoms with Crippen molar-refractivity contribution in [3.05, 3.63) is 24.3 Å². The highest BCUT2D eigenvalue weighted by Gasteiger charge is 2.22. The van der Waals surface area contributed by atoms with E-state index in [1.54, 1.807) is 0 Å². The van der Waals surface area contributed by atoms with E-state index in [1.165, 1.54) is 12.1 Å². The monoisotopic (exact) mass is 306 g/mol. The minimum absolute atomic E-state index is 0.00523. The van der Waals surface area contributed by atoms with Crippen molar-refractivity contribution < 1.29 is 21.6 Å². The quantitative estimate of drug-likeness (QED) is 0.691. The minimum atomic E-state index is -3.79. The first-order valence-corrected chi connectivity index (χ1v) is 8.66.